The van der Waals surface area contributed by atoms with Crippen LogP contribution in [0.1, 0.15) is 52.6 Å². The summed E-state index contributed by atoms with van der Waals surface area (Å²) in [5.74, 6) is -0.879. The molecule has 0 saturated heterocycles. The highest BCUT2D eigenvalue weighted by atomic mass is 35.5. The lowest BCUT2D eigenvalue weighted by atomic mass is 9.94. The van der Waals surface area contributed by atoms with Crippen LogP contribution < -0.4 is 10.4 Å². The van der Waals surface area contributed by atoms with Crippen LogP contribution in [0.3, 0.4) is 0 Å². The van der Waals surface area contributed by atoms with E-state index in [4.69, 9.17) is 11.6 Å². The first-order chi connectivity index (χ1) is 15.4. The zero-order chi connectivity index (χ0) is 22.6. The molecule has 2 aliphatic rings. The first kappa shape index (κ1) is 20.6. The quantitative estimate of drug-likeness (QED) is 0.645. The molecule has 1 unspecified atom stereocenters. The van der Waals surface area contributed by atoms with Gasteiger partial charge >= 0.3 is 0 Å². The number of carbonyl (C=O) groups is 1. The molecule has 164 valence electrons. The van der Waals surface area contributed by atoms with Gasteiger partial charge in [-0.3, -0.25) is 19.3 Å². The molecule has 5 rings (SSSR count). The van der Waals surface area contributed by atoms with Crippen molar-refractivity contribution in [2.24, 2.45) is 0 Å². The number of carbonyl (C=O) groups excluding carboxylic acids is 1. The molecule has 1 atom stereocenters. The molecule has 7 heteroatoms. The molecule has 1 N–H and O–H groups in total. The zero-order valence-electron chi connectivity index (χ0n) is 18.0. The molecule has 0 bridgehead atoms. The Kier molecular flexibility index (Phi) is 4.97. The molecule has 2 heterocycles. The van der Waals surface area contributed by atoms with Gasteiger partial charge in [0.1, 0.15) is 6.67 Å². The highest BCUT2D eigenvalue weighted by molar-refractivity contribution is 6.30. The van der Waals surface area contributed by atoms with Crippen LogP contribution in [0.15, 0.2) is 59.5 Å². The van der Waals surface area contributed by atoms with E-state index in [0.717, 1.165) is 29.5 Å². The van der Waals surface area contributed by atoms with Gasteiger partial charge in [-0.2, -0.15) is 0 Å². The molecular weight excluding hydrogens is 426 g/mol. The Labute approximate surface area is 191 Å². The Morgan fingerprint density at radius 3 is 2.50 bits per heavy atom. The third kappa shape index (κ3) is 3.17. The fraction of sp³-hybridized carbons (Fsp3) is 0.280. The lowest BCUT2D eigenvalue weighted by Gasteiger charge is -2.45. The fourth-order valence-corrected chi connectivity index (χ4v) is 5.00. The van der Waals surface area contributed by atoms with Crippen molar-refractivity contribution in [1.29, 1.82) is 0 Å². The van der Waals surface area contributed by atoms with Crippen molar-refractivity contribution < 1.29 is 9.90 Å². The van der Waals surface area contributed by atoms with E-state index in [0.29, 0.717) is 11.7 Å². The molecule has 0 spiro atoms. The summed E-state index contributed by atoms with van der Waals surface area (Å²) >= 11 is 6.34. The number of halogens is 1. The summed E-state index contributed by atoms with van der Waals surface area (Å²) in [5, 5.41) is 13.3. The first-order valence-corrected chi connectivity index (χ1v) is 11.1. The fourth-order valence-electron chi connectivity index (χ4n) is 4.80. The minimum atomic E-state index is -0.566. The highest BCUT2D eigenvalue weighted by Crippen LogP contribution is 2.39. The van der Waals surface area contributed by atoms with E-state index in [2.05, 4.69) is 12.1 Å². The molecule has 6 nitrogen and oxygen atoms in total. The summed E-state index contributed by atoms with van der Waals surface area (Å²) in [6.07, 6.45) is 3.31. The maximum atomic E-state index is 13.2. The number of aromatic hydroxyl groups is 1. The maximum Gasteiger partial charge on any atom is 0.278 e. The lowest BCUT2D eigenvalue weighted by molar-refractivity contribution is 0.0621. The van der Waals surface area contributed by atoms with E-state index >= 15 is 0 Å². The largest absolute Gasteiger partial charge is 0.502 e. The SMILES string of the molecule is CC(C)N1CN(C2c3ccccc3CCc3cc(Cl)ccc32)n2ccc(=O)c(O)c2C1=O. The maximum absolute atomic E-state index is 13.2. The molecule has 1 aliphatic heterocycles. The van der Waals surface area contributed by atoms with E-state index in [1.807, 2.05) is 49.2 Å². The zero-order valence-corrected chi connectivity index (χ0v) is 18.7. The van der Waals surface area contributed by atoms with Crippen LogP contribution in [0.4, 0.5) is 0 Å². The number of aryl methyl sites for hydroxylation is 2. The van der Waals surface area contributed by atoms with Crippen LogP contribution in [0.2, 0.25) is 5.02 Å². The molecule has 1 aromatic heterocycles. The summed E-state index contributed by atoms with van der Waals surface area (Å²) in [4.78, 5) is 27.1. The standard InChI is InChI=1S/C25H24ClN3O3/c1-15(2)27-14-29(28-12-11-21(30)24(31)23(28)25(27)32)22-19-6-4-3-5-16(19)7-8-17-13-18(26)9-10-20(17)22/h3-6,9-13,15,22,31H,7-8,14H2,1-2H3. The number of benzene rings is 2. The molecule has 0 saturated carbocycles. The molecular formula is C25H24ClN3O3. The summed E-state index contributed by atoms with van der Waals surface area (Å²) < 4.78 is 1.64. The number of hydrogen-bond donors (Lipinski definition) is 1. The predicted molar refractivity (Wildman–Crippen MR) is 124 cm³/mol. The van der Waals surface area contributed by atoms with E-state index in [9.17, 15) is 14.7 Å². The van der Waals surface area contributed by atoms with E-state index in [1.165, 1.54) is 11.6 Å². The topological polar surface area (TPSA) is 65.8 Å². The Morgan fingerprint density at radius 2 is 1.72 bits per heavy atom. The van der Waals surface area contributed by atoms with Crippen LogP contribution >= 0.6 is 11.6 Å². The Bertz CT molecular complexity index is 1280. The van der Waals surface area contributed by atoms with Crippen molar-refractivity contribution in [3.63, 3.8) is 0 Å². The van der Waals surface area contributed by atoms with Crippen LogP contribution in [-0.4, -0.2) is 33.3 Å². The second-order valence-corrected chi connectivity index (χ2v) is 9.05. The minimum Gasteiger partial charge on any atom is -0.502 e. The van der Waals surface area contributed by atoms with Crippen LogP contribution in [0.5, 0.6) is 5.75 Å². The van der Waals surface area contributed by atoms with Crippen LogP contribution in [0, 0.1) is 0 Å². The number of pyridine rings is 1. The Balaban J connectivity index is 1.79. The predicted octanol–water partition coefficient (Wildman–Crippen LogP) is 3.86. The number of nitrogens with zero attached hydrogens (tertiary/aromatic N) is 3. The molecule has 1 aliphatic carbocycles. The van der Waals surface area contributed by atoms with Crippen molar-refractivity contribution in [1.82, 2.24) is 9.58 Å². The van der Waals surface area contributed by atoms with Gasteiger partial charge in [-0.15, -0.1) is 0 Å². The molecule has 2 aromatic carbocycles. The summed E-state index contributed by atoms with van der Waals surface area (Å²) in [5.41, 5.74) is 4.04. The second kappa shape index (κ2) is 7.71. The third-order valence-electron chi connectivity index (χ3n) is 6.43. The molecule has 3 aromatic rings. The molecule has 0 radical (unpaired) electrons. The number of fused-ring (bicyclic) bond motifs is 3. The van der Waals surface area contributed by atoms with Crippen LogP contribution in [-0.2, 0) is 12.8 Å². The van der Waals surface area contributed by atoms with Gasteiger partial charge in [0.25, 0.3) is 5.91 Å². The number of amides is 1. The van der Waals surface area contributed by atoms with Gasteiger partial charge in [0.05, 0.1) is 6.04 Å². The van der Waals surface area contributed by atoms with Gasteiger partial charge in [-0.05, 0) is 61.1 Å². The number of hydrogen-bond acceptors (Lipinski definition) is 4. The van der Waals surface area contributed by atoms with Gasteiger partial charge in [0.2, 0.25) is 5.43 Å². The third-order valence-corrected chi connectivity index (χ3v) is 6.66. The molecule has 1 amide bonds. The monoisotopic (exact) mass is 449 g/mol. The van der Waals surface area contributed by atoms with E-state index < -0.39 is 11.2 Å². The minimum absolute atomic E-state index is 0.00492. The van der Waals surface area contributed by atoms with Gasteiger partial charge < -0.3 is 10.0 Å². The van der Waals surface area contributed by atoms with Crippen LogP contribution in [0.25, 0.3) is 0 Å². The average Bonchev–Trinajstić information content (AvgIpc) is 2.93. The Hall–Kier alpha value is -3.25. The van der Waals surface area contributed by atoms with E-state index in [1.54, 1.807) is 15.8 Å². The first-order valence-electron chi connectivity index (χ1n) is 10.8. The summed E-state index contributed by atoms with van der Waals surface area (Å²) in [6.45, 7) is 4.17. The number of aromatic nitrogens is 1. The second-order valence-electron chi connectivity index (χ2n) is 8.62. The van der Waals surface area contributed by atoms with Gasteiger partial charge in [-0.25, -0.2) is 0 Å². The lowest BCUT2D eigenvalue weighted by Crippen LogP contribution is -2.57. The van der Waals surface area contributed by atoms with Crippen molar-refractivity contribution in [2.75, 3.05) is 11.7 Å². The molecule has 32 heavy (non-hydrogen) atoms. The smallest absolute Gasteiger partial charge is 0.278 e. The van der Waals surface area contributed by atoms with Gasteiger partial charge in [-0.1, -0.05) is 41.9 Å². The van der Waals surface area contributed by atoms with Gasteiger partial charge in [0, 0.05) is 23.3 Å². The van der Waals surface area contributed by atoms with Crippen molar-refractivity contribution >= 4 is 17.5 Å². The van der Waals surface area contributed by atoms with Crippen molar-refractivity contribution in [3.8, 4) is 5.75 Å². The highest BCUT2D eigenvalue weighted by Gasteiger charge is 2.39. The average molecular weight is 450 g/mol. The van der Waals surface area contributed by atoms with E-state index in [-0.39, 0.29) is 23.7 Å². The van der Waals surface area contributed by atoms with Gasteiger partial charge in [0.15, 0.2) is 11.4 Å². The summed E-state index contributed by atoms with van der Waals surface area (Å²) in [7, 11) is 0. The number of rotatable bonds is 2. The van der Waals surface area contributed by atoms with Crippen molar-refractivity contribution in [3.05, 3.63) is 97.9 Å². The summed E-state index contributed by atoms with van der Waals surface area (Å²) in [6, 6.07) is 15.2. The Morgan fingerprint density at radius 1 is 1.00 bits per heavy atom. The van der Waals surface area contributed by atoms with Crippen molar-refractivity contribution in [2.45, 2.75) is 38.8 Å². The molecule has 0 fully saturated rings. The normalized spacial score (nSPS) is 17.6.